The fourth-order valence-corrected chi connectivity index (χ4v) is 3.05. The fraction of sp³-hybridized carbons (Fsp3) is 0.0714. The predicted octanol–water partition coefficient (Wildman–Crippen LogP) is 5.03. The maximum Gasteiger partial charge on any atom is 0.270 e. The molecule has 0 heterocycles. The van der Waals surface area contributed by atoms with Crippen LogP contribution in [-0.4, -0.2) is 18.2 Å². The molecule has 22 heavy (non-hydrogen) atoms. The minimum Gasteiger partial charge on any atom is -0.399 e. The topological polar surface area (TPSA) is 64.7 Å². The Balaban J connectivity index is 2.43. The molecule has 8 heteroatoms. The Hall–Kier alpha value is -1.76. The van der Waals surface area contributed by atoms with Gasteiger partial charge in [-0.1, -0.05) is 46.2 Å². The van der Waals surface area contributed by atoms with E-state index in [9.17, 15) is 10.1 Å². The molecule has 0 aliphatic carbocycles. The van der Waals surface area contributed by atoms with Crippen molar-refractivity contribution in [3.63, 3.8) is 0 Å². The molecule has 0 aliphatic heterocycles. The van der Waals surface area contributed by atoms with Gasteiger partial charge in [0.25, 0.3) is 5.69 Å². The smallest absolute Gasteiger partial charge is 0.270 e. The molecule has 0 aliphatic rings. The van der Waals surface area contributed by atoms with Crippen molar-refractivity contribution in [1.82, 2.24) is 0 Å². The number of nitro benzene ring substituents is 1. The Morgan fingerprint density at radius 3 is 2.73 bits per heavy atom. The molecular formula is C14H10Cl2N2O3S. The van der Waals surface area contributed by atoms with Crippen molar-refractivity contribution in [2.45, 2.75) is 9.79 Å². The van der Waals surface area contributed by atoms with Crippen molar-refractivity contribution in [3.8, 4) is 0 Å². The van der Waals surface area contributed by atoms with Crippen LogP contribution >= 0.6 is 35.0 Å². The molecule has 0 saturated heterocycles. The molecule has 0 spiro atoms. The number of oxime groups is 1. The maximum absolute atomic E-state index is 10.9. The van der Waals surface area contributed by atoms with Crippen LogP contribution in [0.25, 0.3) is 0 Å². The Bertz CT molecular complexity index is 738. The summed E-state index contributed by atoms with van der Waals surface area (Å²) in [4.78, 5) is 16.5. The van der Waals surface area contributed by atoms with Crippen LogP contribution in [0.5, 0.6) is 0 Å². The van der Waals surface area contributed by atoms with Gasteiger partial charge in [-0.05, 0) is 18.2 Å². The Labute approximate surface area is 141 Å². The number of hydrogen-bond donors (Lipinski definition) is 0. The third-order valence-electron chi connectivity index (χ3n) is 2.64. The van der Waals surface area contributed by atoms with Crippen LogP contribution in [0, 0.1) is 10.1 Å². The number of halogens is 2. The summed E-state index contributed by atoms with van der Waals surface area (Å²) < 4.78 is 0. The normalized spacial score (nSPS) is 10.9. The van der Waals surface area contributed by atoms with E-state index in [-0.39, 0.29) is 5.69 Å². The van der Waals surface area contributed by atoms with E-state index in [4.69, 9.17) is 23.2 Å². The monoisotopic (exact) mass is 356 g/mol. The van der Waals surface area contributed by atoms with Crippen LogP contribution in [0.15, 0.2) is 51.3 Å². The molecule has 2 rings (SSSR count). The van der Waals surface area contributed by atoms with Gasteiger partial charge in [0.15, 0.2) is 0 Å². The molecule has 2 aromatic carbocycles. The highest BCUT2D eigenvalue weighted by Crippen LogP contribution is 2.38. The zero-order valence-electron chi connectivity index (χ0n) is 11.3. The molecule has 0 atom stereocenters. The van der Waals surface area contributed by atoms with E-state index in [1.807, 2.05) is 6.07 Å². The molecule has 0 aromatic heterocycles. The molecule has 0 amide bonds. The lowest BCUT2D eigenvalue weighted by molar-refractivity contribution is -0.384. The summed E-state index contributed by atoms with van der Waals surface area (Å²) in [7, 11) is 1.40. The van der Waals surface area contributed by atoms with Crippen LogP contribution in [-0.2, 0) is 4.84 Å². The molecule has 114 valence electrons. The van der Waals surface area contributed by atoms with E-state index in [0.717, 1.165) is 9.79 Å². The lowest BCUT2D eigenvalue weighted by atomic mass is 10.2. The van der Waals surface area contributed by atoms with Crippen LogP contribution in [0.1, 0.15) is 5.56 Å². The van der Waals surface area contributed by atoms with Gasteiger partial charge in [-0.3, -0.25) is 10.1 Å². The van der Waals surface area contributed by atoms with Crippen molar-refractivity contribution < 1.29 is 9.76 Å². The maximum atomic E-state index is 10.9. The average Bonchev–Trinajstić information content (AvgIpc) is 2.50. The summed E-state index contributed by atoms with van der Waals surface area (Å²) in [5.41, 5.74) is 0.524. The second-order valence-corrected chi connectivity index (χ2v) is 5.92. The molecule has 0 unspecified atom stereocenters. The Morgan fingerprint density at radius 2 is 2.05 bits per heavy atom. The van der Waals surface area contributed by atoms with E-state index in [1.165, 1.54) is 37.2 Å². The number of rotatable bonds is 5. The highest BCUT2D eigenvalue weighted by atomic mass is 35.5. The summed E-state index contributed by atoms with van der Waals surface area (Å²) in [5, 5.41) is 15.4. The zero-order valence-corrected chi connectivity index (χ0v) is 13.7. The number of benzene rings is 2. The lowest BCUT2D eigenvalue weighted by Gasteiger charge is -2.08. The first-order valence-corrected chi connectivity index (χ1v) is 7.57. The van der Waals surface area contributed by atoms with Crippen LogP contribution in [0.2, 0.25) is 10.0 Å². The van der Waals surface area contributed by atoms with Crippen molar-refractivity contribution in [2.75, 3.05) is 7.11 Å². The van der Waals surface area contributed by atoms with Crippen LogP contribution in [0.4, 0.5) is 5.69 Å². The summed E-state index contributed by atoms with van der Waals surface area (Å²) in [6.07, 6.45) is 1.41. The molecule has 0 radical (unpaired) electrons. The minimum atomic E-state index is -0.467. The van der Waals surface area contributed by atoms with Gasteiger partial charge >= 0.3 is 0 Å². The van der Waals surface area contributed by atoms with Gasteiger partial charge in [0, 0.05) is 27.5 Å². The highest BCUT2D eigenvalue weighted by Gasteiger charge is 2.13. The lowest BCUT2D eigenvalue weighted by Crippen LogP contribution is -1.93. The van der Waals surface area contributed by atoms with Gasteiger partial charge in [0.05, 0.1) is 21.2 Å². The van der Waals surface area contributed by atoms with Gasteiger partial charge in [-0.25, -0.2) is 0 Å². The standard InChI is InChI=1S/C14H10Cl2N2O3S/c1-21-17-8-9-7-10(18(19)20)5-6-12(9)22-13-4-2-3-11(15)14(13)16/h2-8H,1H3. The van der Waals surface area contributed by atoms with Crippen molar-refractivity contribution in [3.05, 3.63) is 62.1 Å². The van der Waals surface area contributed by atoms with Gasteiger partial charge in [0.2, 0.25) is 0 Å². The SMILES string of the molecule is CON=Cc1cc([N+](=O)[O-])ccc1Sc1cccc(Cl)c1Cl. The molecule has 0 saturated carbocycles. The van der Waals surface area contributed by atoms with Crippen molar-refractivity contribution in [1.29, 1.82) is 0 Å². The minimum absolute atomic E-state index is 0.0286. The molecule has 0 bridgehead atoms. The third-order valence-corrected chi connectivity index (χ3v) is 4.72. The number of non-ortho nitro benzene ring substituents is 1. The summed E-state index contributed by atoms with van der Waals surface area (Å²) in [5.74, 6) is 0. The Kier molecular flexibility index (Phi) is 5.65. The Morgan fingerprint density at radius 1 is 1.27 bits per heavy atom. The van der Waals surface area contributed by atoms with Crippen LogP contribution in [0.3, 0.4) is 0 Å². The predicted molar refractivity (Wildman–Crippen MR) is 88.3 cm³/mol. The first-order chi connectivity index (χ1) is 10.5. The third kappa shape index (κ3) is 3.91. The summed E-state index contributed by atoms with van der Waals surface area (Å²) in [6, 6.07) is 9.77. The van der Waals surface area contributed by atoms with E-state index >= 15 is 0 Å². The first-order valence-electron chi connectivity index (χ1n) is 5.99. The van der Waals surface area contributed by atoms with E-state index in [2.05, 4.69) is 9.99 Å². The van der Waals surface area contributed by atoms with E-state index in [0.29, 0.717) is 15.6 Å². The average molecular weight is 357 g/mol. The summed E-state index contributed by atoms with van der Waals surface area (Å²) >= 11 is 13.5. The summed E-state index contributed by atoms with van der Waals surface area (Å²) in [6.45, 7) is 0. The molecule has 0 N–H and O–H groups in total. The van der Waals surface area contributed by atoms with Crippen molar-refractivity contribution >= 4 is 46.9 Å². The number of nitrogens with zero attached hydrogens (tertiary/aromatic N) is 2. The highest BCUT2D eigenvalue weighted by molar-refractivity contribution is 7.99. The van der Waals surface area contributed by atoms with Gasteiger partial charge in [-0.2, -0.15) is 0 Å². The van der Waals surface area contributed by atoms with Gasteiger partial charge < -0.3 is 4.84 Å². The largest absolute Gasteiger partial charge is 0.399 e. The first kappa shape index (κ1) is 16.6. The number of hydrogen-bond acceptors (Lipinski definition) is 5. The van der Waals surface area contributed by atoms with Crippen molar-refractivity contribution in [2.24, 2.45) is 5.16 Å². The van der Waals surface area contributed by atoms with Gasteiger partial charge in [0.1, 0.15) is 7.11 Å². The van der Waals surface area contributed by atoms with Crippen LogP contribution < -0.4 is 0 Å². The zero-order chi connectivity index (χ0) is 16.1. The molecule has 0 fully saturated rings. The van der Waals surface area contributed by atoms with E-state index in [1.54, 1.807) is 18.2 Å². The second kappa shape index (κ2) is 7.49. The molecule has 2 aromatic rings. The molecular weight excluding hydrogens is 347 g/mol. The van der Waals surface area contributed by atoms with Gasteiger partial charge in [-0.15, -0.1) is 0 Å². The second-order valence-electron chi connectivity index (χ2n) is 4.05. The quantitative estimate of drug-likeness (QED) is 0.428. The molecule has 5 nitrogen and oxygen atoms in total. The van der Waals surface area contributed by atoms with E-state index < -0.39 is 4.92 Å². The fourth-order valence-electron chi connectivity index (χ4n) is 1.63. The number of nitro groups is 1.